The molecule has 0 spiro atoms. The van der Waals surface area contributed by atoms with Crippen LogP contribution in [0.15, 0.2) is 42.0 Å². The summed E-state index contributed by atoms with van der Waals surface area (Å²) in [6, 6.07) is 10.0. The number of aliphatic hydroxyl groups excluding tert-OH is 1. The van der Waals surface area contributed by atoms with Gasteiger partial charge in [0.15, 0.2) is 0 Å². The first-order valence-electron chi connectivity index (χ1n) is 7.85. The fourth-order valence-electron chi connectivity index (χ4n) is 2.62. The molecule has 2 heterocycles. The van der Waals surface area contributed by atoms with E-state index >= 15 is 0 Å². The van der Waals surface area contributed by atoms with Gasteiger partial charge >= 0.3 is 7.12 Å². The maximum Gasteiger partial charge on any atom is 0.492 e. The summed E-state index contributed by atoms with van der Waals surface area (Å²) in [5.74, 6) is 0. The summed E-state index contributed by atoms with van der Waals surface area (Å²) in [6.07, 6.45) is 3.64. The van der Waals surface area contributed by atoms with Gasteiger partial charge in [-0.15, -0.1) is 0 Å². The number of pyridine rings is 1. The lowest BCUT2D eigenvalue weighted by Gasteiger charge is -2.32. The minimum absolute atomic E-state index is 0.137. The number of nitrogens with zero attached hydrogens (tertiary/aromatic N) is 1. The standard InChI is InChI=1S/C18H22BNO3/c1-17(2)18(3,4)23-19(22-17)14(12-21)11-16-15-8-6-5-7-13(15)9-10-20-16/h5-11,21H,12H2,1-4H3. The first kappa shape index (κ1) is 16.2. The van der Waals surface area contributed by atoms with Gasteiger partial charge in [-0.05, 0) is 50.7 Å². The Hall–Kier alpha value is -1.69. The number of fused-ring (bicyclic) bond motifs is 1. The van der Waals surface area contributed by atoms with E-state index in [0.29, 0.717) is 5.47 Å². The molecule has 0 amide bonds. The third-order valence-electron chi connectivity index (χ3n) is 4.77. The molecule has 1 aromatic heterocycles. The topological polar surface area (TPSA) is 51.6 Å². The lowest BCUT2D eigenvalue weighted by atomic mass is 9.78. The second-order valence-electron chi connectivity index (χ2n) is 6.88. The Labute approximate surface area is 137 Å². The first-order chi connectivity index (χ1) is 10.8. The molecule has 0 unspecified atom stereocenters. The Balaban J connectivity index is 1.99. The van der Waals surface area contributed by atoms with E-state index in [1.807, 2.05) is 64.1 Å². The Kier molecular flexibility index (Phi) is 4.04. The van der Waals surface area contributed by atoms with Crippen LogP contribution >= 0.6 is 0 Å². The average Bonchev–Trinajstić information content (AvgIpc) is 2.73. The highest BCUT2D eigenvalue weighted by Gasteiger charge is 2.52. The molecule has 1 aliphatic rings. The monoisotopic (exact) mass is 311 g/mol. The third-order valence-corrected chi connectivity index (χ3v) is 4.77. The molecule has 0 bridgehead atoms. The summed E-state index contributed by atoms with van der Waals surface area (Å²) >= 11 is 0. The number of aromatic nitrogens is 1. The zero-order valence-electron chi connectivity index (χ0n) is 14.0. The van der Waals surface area contributed by atoms with E-state index in [1.165, 1.54) is 0 Å². The van der Waals surface area contributed by atoms with Crippen molar-refractivity contribution in [2.24, 2.45) is 0 Å². The quantitative estimate of drug-likeness (QED) is 0.884. The van der Waals surface area contributed by atoms with Crippen LogP contribution in [0, 0.1) is 0 Å². The summed E-state index contributed by atoms with van der Waals surface area (Å²) in [7, 11) is -0.564. The molecule has 120 valence electrons. The minimum atomic E-state index is -0.564. The molecule has 3 rings (SSSR count). The predicted molar refractivity (Wildman–Crippen MR) is 92.9 cm³/mol. The normalized spacial score (nSPS) is 20.2. The number of hydrogen-bond acceptors (Lipinski definition) is 4. The SMILES string of the molecule is CC1(C)OB(C(=Cc2nccc3ccccc23)CO)OC1(C)C. The van der Waals surface area contributed by atoms with Crippen LogP contribution in [0.3, 0.4) is 0 Å². The molecule has 2 aromatic rings. The molecular formula is C18H22BNO3. The van der Waals surface area contributed by atoms with E-state index in [-0.39, 0.29) is 6.61 Å². The lowest BCUT2D eigenvalue weighted by Crippen LogP contribution is -2.41. The molecule has 5 heteroatoms. The van der Waals surface area contributed by atoms with E-state index < -0.39 is 18.3 Å². The highest BCUT2D eigenvalue weighted by atomic mass is 16.7. The zero-order valence-corrected chi connectivity index (χ0v) is 14.0. The molecule has 4 nitrogen and oxygen atoms in total. The van der Waals surface area contributed by atoms with Crippen LogP contribution in [-0.4, -0.2) is 35.0 Å². The summed E-state index contributed by atoms with van der Waals surface area (Å²) in [5.41, 5.74) is 0.616. The van der Waals surface area contributed by atoms with Gasteiger partial charge in [0.2, 0.25) is 0 Å². The van der Waals surface area contributed by atoms with Crippen molar-refractivity contribution in [3.8, 4) is 0 Å². The van der Waals surface area contributed by atoms with Gasteiger partial charge in [-0.25, -0.2) is 0 Å². The molecule has 23 heavy (non-hydrogen) atoms. The van der Waals surface area contributed by atoms with Crippen molar-refractivity contribution < 1.29 is 14.4 Å². The largest absolute Gasteiger partial charge is 0.492 e. The van der Waals surface area contributed by atoms with E-state index in [2.05, 4.69) is 4.98 Å². The molecule has 1 saturated heterocycles. The molecule has 1 aliphatic heterocycles. The van der Waals surface area contributed by atoms with Crippen molar-refractivity contribution in [3.63, 3.8) is 0 Å². The van der Waals surface area contributed by atoms with Crippen molar-refractivity contribution in [1.29, 1.82) is 0 Å². The molecule has 1 aromatic carbocycles. The maximum atomic E-state index is 9.80. The number of aliphatic hydroxyl groups is 1. The molecule has 1 fully saturated rings. The molecule has 0 radical (unpaired) electrons. The van der Waals surface area contributed by atoms with Crippen molar-refractivity contribution >= 4 is 24.0 Å². The van der Waals surface area contributed by atoms with Crippen molar-refractivity contribution in [2.45, 2.75) is 38.9 Å². The Morgan fingerprint density at radius 1 is 1.13 bits per heavy atom. The van der Waals surface area contributed by atoms with E-state index in [4.69, 9.17) is 9.31 Å². The summed E-state index contributed by atoms with van der Waals surface area (Å²) in [6.45, 7) is 7.86. The summed E-state index contributed by atoms with van der Waals surface area (Å²) < 4.78 is 12.0. The van der Waals surface area contributed by atoms with Crippen molar-refractivity contribution in [2.75, 3.05) is 6.61 Å². The minimum Gasteiger partial charge on any atom is -0.400 e. The van der Waals surface area contributed by atoms with Crippen LogP contribution in [0.5, 0.6) is 0 Å². The third kappa shape index (κ3) is 2.92. The molecule has 0 aliphatic carbocycles. The van der Waals surface area contributed by atoms with Crippen LogP contribution < -0.4 is 0 Å². The Bertz CT molecular complexity index is 734. The van der Waals surface area contributed by atoms with Crippen LogP contribution in [0.4, 0.5) is 0 Å². The van der Waals surface area contributed by atoms with E-state index in [9.17, 15) is 5.11 Å². The predicted octanol–water partition coefficient (Wildman–Crippen LogP) is 3.24. The Morgan fingerprint density at radius 3 is 2.43 bits per heavy atom. The van der Waals surface area contributed by atoms with Crippen LogP contribution in [-0.2, 0) is 9.31 Å². The second kappa shape index (κ2) is 5.75. The van der Waals surface area contributed by atoms with Crippen molar-refractivity contribution in [3.05, 3.63) is 47.7 Å². The highest BCUT2D eigenvalue weighted by Crippen LogP contribution is 2.38. The van der Waals surface area contributed by atoms with Crippen LogP contribution in [0.2, 0.25) is 0 Å². The van der Waals surface area contributed by atoms with Gasteiger partial charge in [-0.1, -0.05) is 24.3 Å². The van der Waals surface area contributed by atoms with Gasteiger partial charge in [-0.3, -0.25) is 4.98 Å². The number of rotatable bonds is 3. The summed E-state index contributed by atoms with van der Waals surface area (Å²) in [4.78, 5) is 4.44. The van der Waals surface area contributed by atoms with Crippen LogP contribution in [0.25, 0.3) is 16.8 Å². The molecule has 1 N–H and O–H groups in total. The fraction of sp³-hybridized carbons (Fsp3) is 0.389. The first-order valence-corrected chi connectivity index (χ1v) is 7.85. The van der Waals surface area contributed by atoms with Gasteiger partial charge in [-0.2, -0.15) is 0 Å². The second-order valence-corrected chi connectivity index (χ2v) is 6.88. The van der Waals surface area contributed by atoms with Gasteiger partial charge in [0.1, 0.15) is 0 Å². The lowest BCUT2D eigenvalue weighted by molar-refractivity contribution is 0.00578. The molecule has 0 saturated carbocycles. The smallest absolute Gasteiger partial charge is 0.400 e. The van der Waals surface area contributed by atoms with Crippen LogP contribution in [0.1, 0.15) is 33.4 Å². The maximum absolute atomic E-state index is 9.80. The fourth-order valence-corrected chi connectivity index (χ4v) is 2.62. The molecular weight excluding hydrogens is 289 g/mol. The number of benzene rings is 1. The highest BCUT2D eigenvalue weighted by molar-refractivity contribution is 6.55. The van der Waals surface area contributed by atoms with Crippen molar-refractivity contribution in [1.82, 2.24) is 4.98 Å². The van der Waals surface area contributed by atoms with Gasteiger partial charge in [0.25, 0.3) is 0 Å². The summed E-state index contributed by atoms with van der Waals surface area (Å²) in [5, 5.41) is 12.0. The average molecular weight is 311 g/mol. The zero-order chi connectivity index (χ0) is 16.7. The van der Waals surface area contributed by atoms with Gasteiger partial charge < -0.3 is 14.4 Å². The van der Waals surface area contributed by atoms with E-state index in [0.717, 1.165) is 16.5 Å². The van der Waals surface area contributed by atoms with E-state index in [1.54, 1.807) is 6.20 Å². The number of hydrogen-bond donors (Lipinski definition) is 1. The molecule has 0 atom stereocenters. The van der Waals surface area contributed by atoms with Gasteiger partial charge in [0.05, 0.1) is 23.5 Å². The van der Waals surface area contributed by atoms with Gasteiger partial charge in [0, 0.05) is 11.6 Å². The Morgan fingerprint density at radius 2 is 1.78 bits per heavy atom.